The maximum absolute atomic E-state index is 5.72. The average molecular weight is 377 g/mol. The molecule has 0 spiro atoms. The Bertz CT molecular complexity index is 417. The third-order valence-electron chi connectivity index (χ3n) is 4.35. The molecule has 1 saturated heterocycles. The molecule has 0 atom stereocenters. The highest BCUT2D eigenvalue weighted by Gasteiger charge is 2.13. The van der Waals surface area contributed by atoms with E-state index < -0.39 is 0 Å². The van der Waals surface area contributed by atoms with Crippen LogP contribution in [0.1, 0.15) is 71.1 Å². The van der Waals surface area contributed by atoms with Crippen molar-refractivity contribution < 1.29 is 14.2 Å². The van der Waals surface area contributed by atoms with E-state index in [1.165, 1.54) is 32.1 Å². The average Bonchev–Trinajstić information content (AvgIpc) is 2.70. The first-order valence-corrected chi connectivity index (χ1v) is 10.8. The van der Waals surface area contributed by atoms with Crippen molar-refractivity contribution in [3.63, 3.8) is 0 Å². The first-order valence-electron chi connectivity index (χ1n) is 10.8. The molecular weight excluding hydrogens is 336 g/mol. The van der Waals surface area contributed by atoms with Gasteiger partial charge in [0.05, 0.1) is 13.2 Å². The van der Waals surface area contributed by atoms with Crippen molar-refractivity contribution in [2.45, 2.75) is 77.2 Å². The molecule has 0 amide bonds. The van der Waals surface area contributed by atoms with Crippen LogP contribution in [0.3, 0.4) is 0 Å². The summed E-state index contributed by atoms with van der Waals surface area (Å²) in [5, 5.41) is 0. The summed E-state index contributed by atoms with van der Waals surface area (Å²) in [6.45, 7) is 4.78. The Balaban J connectivity index is 1.84. The molecule has 0 aromatic heterocycles. The van der Waals surface area contributed by atoms with Crippen LogP contribution < -0.4 is 0 Å². The molecule has 3 nitrogen and oxygen atoms in total. The zero-order chi connectivity index (χ0) is 19.3. The van der Waals surface area contributed by atoms with Crippen LogP contribution in [-0.2, 0) is 14.2 Å². The Labute approximate surface area is 167 Å². The van der Waals surface area contributed by atoms with E-state index in [9.17, 15) is 0 Å². The fourth-order valence-corrected chi connectivity index (χ4v) is 2.74. The Morgan fingerprint density at radius 3 is 1.78 bits per heavy atom. The van der Waals surface area contributed by atoms with E-state index in [0.717, 1.165) is 38.7 Å². The largest absolute Gasteiger partial charge is 0.373 e. The normalized spacial score (nSPS) is 16.6. The van der Waals surface area contributed by atoms with E-state index in [1.807, 2.05) is 0 Å². The molecule has 0 radical (unpaired) electrons. The van der Waals surface area contributed by atoms with Crippen molar-refractivity contribution in [3.05, 3.63) is 48.6 Å². The minimum atomic E-state index is 0.121. The van der Waals surface area contributed by atoms with E-state index >= 15 is 0 Å². The maximum Gasteiger partial charge on any atom is 0.146 e. The zero-order valence-electron chi connectivity index (χ0n) is 17.3. The lowest BCUT2D eigenvalue weighted by molar-refractivity contribution is -0.167. The second-order valence-corrected chi connectivity index (χ2v) is 6.94. The van der Waals surface area contributed by atoms with Crippen molar-refractivity contribution in [1.82, 2.24) is 0 Å². The fourth-order valence-electron chi connectivity index (χ4n) is 2.74. The molecule has 0 aliphatic carbocycles. The van der Waals surface area contributed by atoms with E-state index in [-0.39, 0.29) is 6.10 Å². The van der Waals surface area contributed by atoms with Crippen LogP contribution in [0.2, 0.25) is 0 Å². The third kappa shape index (κ3) is 16.7. The van der Waals surface area contributed by atoms with Crippen LogP contribution in [0.5, 0.6) is 0 Å². The van der Waals surface area contributed by atoms with Crippen LogP contribution in [-0.4, -0.2) is 32.7 Å². The lowest BCUT2D eigenvalue weighted by Gasteiger charge is -2.22. The van der Waals surface area contributed by atoms with Gasteiger partial charge >= 0.3 is 0 Å². The van der Waals surface area contributed by atoms with Crippen molar-refractivity contribution >= 4 is 0 Å². The maximum atomic E-state index is 5.72. The number of hydrogen-bond donors (Lipinski definition) is 0. The molecule has 0 N–H and O–H groups in total. The first kappa shape index (κ1) is 23.9. The summed E-state index contributed by atoms with van der Waals surface area (Å²) in [7, 11) is 0. The van der Waals surface area contributed by atoms with Gasteiger partial charge in [-0.3, -0.25) is 0 Å². The van der Waals surface area contributed by atoms with Crippen molar-refractivity contribution in [2.75, 3.05) is 26.6 Å². The highest BCUT2D eigenvalue weighted by molar-refractivity contribution is 4.99. The van der Waals surface area contributed by atoms with Crippen LogP contribution in [0.25, 0.3) is 0 Å². The van der Waals surface area contributed by atoms with Gasteiger partial charge in [0.25, 0.3) is 0 Å². The lowest BCUT2D eigenvalue weighted by atomic mass is 10.2. The molecule has 0 saturated carbocycles. The first-order chi connectivity index (χ1) is 13.4. The standard InChI is InChI=1S/C24H40O3/c1-2-3-4-5-6-7-8-9-10-11-12-13-14-15-16-17-18-19-20-27-24-21-25-23-26-22-24/h6-7,9-10,12-13,15-16,24H,2-5,8,11,14,17-23H2,1H3/b7-6-,10-9-,13-12-,16-15-. The SMILES string of the molecule is CCCCC/C=C\C/C=C\C/C=C\C/C=C\CCCCOC1COCOC1. The summed E-state index contributed by atoms with van der Waals surface area (Å²) in [6.07, 6.45) is 29.9. The summed E-state index contributed by atoms with van der Waals surface area (Å²) in [6, 6.07) is 0. The van der Waals surface area contributed by atoms with Gasteiger partial charge in [0.2, 0.25) is 0 Å². The Morgan fingerprint density at radius 1 is 0.704 bits per heavy atom. The number of rotatable bonds is 16. The van der Waals surface area contributed by atoms with Crippen molar-refractivity contribution in [2.24, 2.45) is 0 Å². The van der Waals surface area contributed by atoms with Gasteiger partial charge in [-0.05, 0) is 51.4 Å². The van der Waals surface area contributed by atoms with Crippen LogP contribution in [0.4, 0.5) is 0 Å². The smallest absolute Gasteiger partial charge is 0.146 e. The number of unbranched alkanes of at least 4 members (excludes halogenated alkanes) is 5. The van der Waals surface area contributed by atoms with Gasteiger partial charge in [0.1, 0.15) is 12.9 Å². The topological polar surface area (TPSA) is 27.7 Å². The van der Waals surface area contributed by atoms with Gasteiger partial charge in [0, 0.05) is 6.61 Å². The zero-order valence-corrected chi connectivity index (χ0v) is 17.3. The van der Waals surface area contributed by atoms with Gasteiger partial charge in [-0.1, -0.05) is 68.4 Å². The van der Waals surface area contributed by atoms with E-state index in [0.29, 0.717) is 20.0 Å². The molecule has 1 fully saturated rings. The number of hydrogen-bond acceptors (Lipinski definition) is 3. The van der Waals surface area contributed by atoms with Crippen LogP contribution in [0.15, 0.2) is 48.6 Å². The van der Waals surface area contributed by atoms with Crippen LogP contribution >= 0.6 is 0 Å². The Kier molecular flexibility index (Phi) is 17.3. The fraction of sp³-hybridized carbons (Fsp3) is 0.667. The number of allylic oxidation sites excluding steroid dienone is 8. The summed E-state index contributed by atoms with van der Waals surface area (Å²) < 4.78 is 16.1. The van der Waals surface area contributed by atoms with Crippen molar-refractivity contribution in [1.29, 1.82) is 0 Å². The quantitative estimate of drug-likeness (QED) is 0.227. The van der Waals surface area contributed by atoms with Gasteiger partial charge < -0.3 is 14.2 Å². The second-order valence-electron chi connectivity index (χ2n) is 6.94. The van der Waals surface area contributed by atoms with E-state index in [4.69, 9.17) is 14.2 Å². The molecular formula is C24H40O3. The monoisotopic (exact) mass is 376 g/mol. The van der Waals surface area contributed by atoms with E-state index in [2.05, 4.69) is 55.5 Å². The minimum absolute atomic E-state index is 0.121. The van der Waals surface area contributed by atoms with Gasteiger partial charge in [-0.15, -0.1) is 0 Å². The summed E-state index contributed by atoms with van der Waals surface area (Å²) in [5.41, 5.74) is 0. The molecule has 1 aliphatic rings. The molecule has 3 heteroatoms. The Morgan fingerprint density at radius 2 is 1.22 bits per heavy atom. The summed E-state index contributed by atoms with van der Waals surface area (Å²) in [4.78, 5) is 0. The second kappa shape index (κ2) is 19.6. The molecule has 154 valence electrons. The third-order valence-corrected chi connectivity index (χ3v) is 4.35. The van der Waals surface area contributed by atoms with Gasteiger partial charge in [-0.25, -0.2) is 0 Å². The van der Waals surface area contributed by atoms with Gasteiger partial charge in [0.15, 0.2) is 0 Å². The predicted molar refractivity (Wildman–Crippen MR) is 115 cm³/mol. The Hall–Kier alpha value is -1.16. The van der Waals surface area contributed by atoms with Crippen LogP contribution in [0, 0.1) is 0 Å². The summed E-state index contributed by atoms with van der Waals surface area (Å²) in [5.74, 6) is 0. The molecule has 1 rings (SSSR count). The molecule has 0 aromatic carbocycles. The molecule has 1 heterocycles. The molecule has 0 unspecified atom stereocenters. The molecule has 27 heavy (non-hydrogen) atoms. The molecule has 0 aromatic rings. The number of ether oxygens (including phenoxy) is 3. The molecule has 1 aliphatic heterocycles. The highest BCUT2D eigenvalue weighted by atomic mass is 16.7. The van der Waals surface area contributed by atoms with Gasteiger partial charge in [-0.2, -0.15) is 0 Å². The minimum Gasteiger partial charge on any atom is -0.373 e. The summed E-state index contributed by atoms with van der Waals surface area (Å²) >= 11 is 0. The molecule has 0 bridgehead atoms. The van der Waals surface area contributed by atoms with Crippen molar-refractivity contribution in [3.8, 4) is 0 Å². The van der Waals surface area contributed by atoms with E-state index in [1.54, 1.807) is 0 Å². The highest BCUT2D eigenvalue weighted by Crippen LogP contribution is 2.05. The lowest BCUT2D eigenvalue weighted by Crippen LogP contribution is -2.31. The predicted octanol–water partition coefficient (Wildman–Crippen LogP) is 6.52.